The van der Waals surface area contributed by atoms with Crippen LogP contribution in [0.4, 0.5) is 11.4 Å². The van der Waals surface area contributed by atoms with Crippen LogP contribution in [0.1, 0.15) is 11.1 Å². The van der Waals surface area contributed by atoms with Crippen molar-refractivity contribution in [2.45, 2.75) is 34.6 Å². The molecule has 0 bridgehead atoms. The predicted molar refractivity (Wildman–Crippen MR) is 171 cm³/mol. The Bertz CT molecular complexity index is 2020. The molecule has 14 heteroatoms. The molecule has 4 aromatic carbocycles. The van der Waals surface area contributed by atoms with Crippen LogP contribution >= 0.6 is 0 Å². The van der Waals surface area contributed by atoms with Crippen molar-refractivity contribution in [3.63, 3.8) is 0 Å². The van der Waals surface area contributed by atoms with E-state index >= 15 is 0 Å². The topological polar surface area (TPSA) is 150 Å². The number of hydrogen-bond donors (Lipinski definition) is 2. The van der Waals surface area contributed by atoms with Crippen molar-refractivity contribution in [3.05, 3.63) is 114 Å². The summed E-state index contributed by atoms with van der Waals surface area (Å²) in [7, 11) is -12.2. The third-order valence-electron chi connectivity index (χ3n) is 7.52. The molecule has 236 valence electrons. The van der Waals surface area contributed by atoms with E-state index in [2.05, 4.69) is 10.0 Å². The Morgan fingerprint density at radius 1 is 0.644 bits per heavy atom. The maximum absolute atomic E-state index is 13.7. The van der Waals surface area contributed by atoms with Crippen molar-refractivity contribution in [1.29, 1.82) is 0 Å². The fourth-order valence-electron chi connectivity index (χ4n) is 4.89. The number of benzene rings is 4. The second-order valence-electron chi connectivity index (χ2n) is 10.5. The van der Waals surface area contributed by atoms with E-state index in [-0.39, 0.29) is 33.5 Å². The van der Waals surface area contributed by atoms with Gasteiger partial charge in [-0.15, -0.1) is 0 Å². The van der Waals surface area contributed by atoms with Crippen LogP contribution < -0.4 is 10.0 Å². The molecule has 1 saturated heterocycles. The number of nitrogens with one attached hydrogen (secondary N) is 2. The lowest BCUT2D eigenvalue weighted by molar-refractivity contribution is -0.120. The van der Waals surface area contributed by atoms with Crippen molar-refractivity contribution in [2.24, 2.45) is 0 Å². The Kier molecular flexibility index (Phi) is 9.14. The van der Waals surface area contributed by atoms with E-state index in [1.165, 1.54) is 48.5 Å². The van der Waals surface area contributed by atoms with Gasteiger partial charge in [0.15, 0.2) is 0 Å². The lowest BCUT2D eigenvalue weighted by atomic mass is 10.1. The number of piperazine rings is 1. The van der Waals surface area contributed by atoms with Crippen molar-refractivity contribution >= 4 is 47.4 Å². The molecule has 0 spiro atoms. The fourth-order valence-corrected chi connectivity index (χ4v) is 8.99. The largest absolute Gasteiger partial charge is 0.325 e. The number of carbonyl (C=O) groups is 1. The molecule has 1 unspecified atom stereocenters. The van der Waals surface area contributed by atoms with Crippen LogP contribution in [0.15, 0.2) is 118 Å². The molecule has 4 aromatic rings. The average molecular weight is 669 g/mol. The number of aryl methyl sites for hydroxylation is 2. The molecule has 1 heterocycles. The van der Waals surface area contributed by atoms with Gasteiger partial charge in [0.1, 0.15) is 6.04 Å². The highest BCUT2D eigenvalue weighted by atomic mass is 32.2. The molecule has 1 fully saturated rings. The van der Waals surface area contributed by atoms with Crippen LogP contribution in [-0.2, 0) is 34.9 Å². The van der Waals surface area contributed by atoms with E-state index in [0.29, 0.717) is 5.69 Å². The van der Waals surface area contributed by atoms with Gasteiger partial charge in [-0.25, -0.2) is 25.3 Å². The molecule has 0 saturated carbocycles. The number of sulfonamides is 3. The lowest BCUT2D eigenvalue weighted by Crippen LogP contribution is -2.60. The third kappa shape index (κ3) is 6.94. The Morgan fingerprint density at radius 2 is 1.20 bits per heavy atom. The standard InChI is InChI=1S/C31H32N4O7S3/c1-23-13-14-26(21-24(23)2)33-43(37,38)27-17-15-25(16-18-27)32-31(36)30-22-34(44(39,40)28-9-5-3-6-10-28)19-20-35(30)45(41,42)29-11-7-4-8-12-29/h3-18,21,30,33H,19-20,22H2,1-2H3,(H,32,36). The van der Waals surface area contributed by atoms with Gasteiger partial charge in [-0.3, -0.25) is 9.52 Å². The summed E-state index contributed by atoms with van der Waals surface area (Å²) in [4.78, 5) is 13.6. The minimum Gasteiger partial charge on any atom is -0.325 e. The minimum absolute atomic E-state index is 0.0229. The van der Waals surface area contributed by atoms with Gasteiger partial charge in [-0.05, 0) is 85.6 Å². The molecule has 0 aliphatic carbocycles. The van der Waals surface area contributed by atoms with Crippen LogP contribution in [0.5, 0.6) is 0 Å². The molecule has 1 aliphatic rings. The zero-order chi connectivity index (χ0) is 32.4. The number of rotatable bonds is 9. The van der Waals surface area contributed by atoms with E-state index in [1.807, 2.05) is 19.9 Å². The molecule has 1 amide bonds. The van der Waals surface area contributed by atoms with Crippen LogP contribution in [0, 0.1) is 13.8 Å². The summed E-state index contributed by atoms with van der Waals surface area (Å²) >= 11 is 0. The Labute approximate surface area is 263 Å². The van der Waals surface area contributed by atoms with Gasteiger partial charge in [0, 0.05) is 31.0 Å². The van der Waals surface area contributed by atoms with Gasteiger partial charge < -0.3 is 5.32 Å². The van der Waals surface area contributed by atoms with Crippen molar-refractivity contribution in [3.8, 4) is 0 Å². The van der Waals surface area contributed by atoms with Crippen molar-refractivity contribution in [2.75, 3.05) is 29.7 Å². The van der Waals surface area contributed by atoms with Gasteiger partial charge in [-0.2, -0.15) is 8.61 Å². The van der Waals surface area contributed by atoms with Gasteiger partial charge in [-0.1, -0.05) is 42.5 Å². The second kappa shape index (κ2) is 12.7. The minimum atomic E-state index is -4.18. The molecule has 5 rings (SSSR count). The predicted octanol–water partition coefficient (Wildman–Crippen LogP) is 3.81. The first-order valence-corrected chi connectivity index (χ1v) is 18.3. The molecule has 1 aliphatic heterocycles. The number of hydrogen-bond acceptors (Lipinski definition) is 7. The zero-order valence-corrected chi connectivity index (χ0v) is 26.9. The number of carbonyl (C=O) groups excluding carboxylic acids is 1. The van der Waals surface area contributed by atoms with Gasteiger partial charge in [0.2, 0.25) is 26.0 Å². The molecule has 0 radical (unpaired) electrons. The number of anilines is 2. The normalized spacial score (nSPS) is 16.6. The molecular weight excluding hydrogens is 637 g/mol. The Hall–Kier alpha value is -4.08. The van der Waals surface area contributed by atoms with Gasteiger partial charge in [0.05, 0.1) is 14.7 Å². The summed E-state index contributed by atoms with van der Waals surface area (Å²) in [6.07, 6.45) is 0. The SMILES string of the molecule is Cc1ccc(NS(=O)(=O)c2ccc(NC(=O)C3CN(S(=O)(=O)c4ccccc4)CCN3S(=O)(=O)c3ccccc3)cc2)cc1C. The number of nitrogens with zero attached hydrogens (tertiary/aromatic N) is 2. The third-order valence-corrected chi connectivity index (χ3v) is 12.7. The molecule has 2 N–H and O–H groups in total. The first-order chi connectivity index (χ1) is 21.3. The molecular formula is C31H32N4O7S3. The summed E-state index contributed by atoms with van der Waals surface area (Å²) < 4.78 is 84.7. The first kappa shape index (κ1) is 32.3. The highest BCUT2D eigenvalue weighted by Gasteiger charge is 2.43. The Balaban J connectivity index is 1.40. The fraction of sp³-hybridized carbons (Fsp3) is 0.194. The van der Waals surface area contributed by atoms with Crippen LogP contribution in [0.3, 0.4) is 0 Å². The summed E-state index contributed by atoms with van der Waals surface area (Å²) in [5.74, 6) is -0.772. The highest BCUT2D eigenvalue weighted by molar-refractivity contribution is 7.92. The molecule has 1 atom stereocenters. The van der Waals surface area contributed by atoms with Crippen molar-refractivity contribution < 1.29 is 30.0 Å². The van der Waals surface area contributed by atoms with Crippen LogP contribution in [0.25, 0.3) is 0 Å². The maximum Gasteiger partial charge on any atom is 0.261 e. The Morgan fingerprint density at radius 3 is 1.78 bits per heavy atom. The summed E-state index contributed by atoms with van der Waals surface area (Å²) in [6.45, 7) is 2.95. The van der Waals surface area contributed by atoms with E-state index in [1.54, 1.807) is 48.5 Å². The molecule has 11 nitrogen and oxygen atoms in total. The van der Waals surface area contributed by atoms with Crippen molar-refractivity contribution in [1.82, 2.24) is 8.61 Å². The summed E-state index contributed by atoms with van der Waals surface area (Å²) in [6, 6.07) is 24.4. The van der Waals surface area contributed by atoms with Crippen LogP contribution in [-0.4, -0.2) is 65.4 Å². The van der Waals surface area contributed by atoms with Gasteiger partial charge >= 0.3 is 0 Å². The quantitative estimate of drug-likeness (QED) is 0.276. The van der Waals surface area contributed by atoms with Gasteiger partial charge in [0.25, 0.3) is 10.0 Å². The van der Waals surface area contributed by atoms with Crippen LogP contribution in [0.2, 0.25) is 0 Å². The van der Waals surface area contributed by atoms with E-state index in [4.69, 9.17) is 0 Å². The lowest BCUT2D eigenvalue weighted by Gasteiger charge is -2.38. The zero-order valence-electron chi connectivity index (χ0n) is 24.5. The second-order valence-corrected chi connectivity index (χ2v) is 16.0. The first-order valence-electron chi connectivity index (χ1n) is 13.9. The summed E-state index contributed by atoms with van der Waals surface area (Å²) in [5, 5.41) is 2.64. The number of amides is 1. The van der Waals surface area contributed by atoms with E-state index in [0.717, 1.165) is 19.7 Å². The highest BCUT2D eigenvalue weighted by Crippen LogP contribution is 2.27. The van der Waals surface area contributed by atoms with E-state index in [9.17, 15) is 30.0 Å². The molecule has 0 aromatic heterocycles. The monoisotopic (exact) mass is 668 g/mol. The summed E-state index contributed by atoms with van der Waals surface area (Å²) in [5.41, 5.74) is 2.55. The molecule has 45 heavy (non-hydrogen) atoms. The smallest absolute Gasteiger partial charge is 0.261 e. The maximum atomic E-state index is 13.7. The average Bonchev–Trinajstić information content (AvgIpc) is 3.03. The van der Waals surface area contributed by atoms with E-state index < -0.39 is 48.6 Å².